The van der Waals surface area contributed by atoms with Gasteiger partial charge < -0.3 is 4.90 Å². The van der Waals surface area contributed by atoms with Gasteiger partial charge in [-0.1, -0.05) is 36.9 Å². The van der Waals surface area contributed by atoms with E-state index in [4.69, 9.17) is 0 Å². The zero-order valence-corrected chi connectivity index (χ0v) is 19.9. The first-order chi connectivity index (χ1) is 15.8. The Kier molecular flexibility index (Phi) is 5.37. The topological polar surface area (TPSA) is 58.1 Å². The summed E-state index contributed by atoms with van der Waals surface area (Å²) in [6.45, 7) is 8.87. The third-order valence-electron chi connectivity index (χ3n) is 7.04. The van der Waals surface area contributed by atoms with Gasteiger partial charge in [-0.25, -0.2) is 9.18 Å². The molecule has 2 aliphatic rings. The quantitative estimate of drug-likeness (QED) is 0.593. The Balaban J connectivity index is 1.84. The van der Waals surface area contributed by atoms with Crippen molar-refractivity contribution in [2.24, 2.45) is 0 Å². The minimum absolute atomic E-state index is 0.119. The monoisotopic (exact) mass is 463 g/mol. The summed E-state index contributed by atoms with van der Waals surface area (Å²) in [6, 6.07) is 12.6. The second kappa shape index (κ2) is 8.11. The highest BCUT2D eigenvalue weighted by Crippen LogP contribution is 2.44. The molecule has 1 aliphatic carbocycles. The predicted octanol–water partition coefficient (Wildman–Crippen LogP) is 3.34. The predicted molar refractivity (Wildman–Crippen MR) is 133 cm³/mol. The molecule has 1 aliphatic heterocycles. The van der Waals surface area contributed by atoms with E-state index in [0.29, 0.717) is 29.9 Å². The van der Waals surface area contributed by atoms with Crippen LogP contribution in [0.15, 0.2) is 58.6 Å². The SMILES string of the molecule is C=C1c2cc(=O)[nH]c(=O)n2C(C2c3cccc(F)c3CCc3c(P)cccc32)CN1C(C)C. The first kappa shape index (κ1) is 21.8. The van der Waals surface area contributed by atoms with Gasteiger partial charge in [0, 0.05) is 24.6 Å². The van der Waals surface area contributed by atoms with Gasteiger partial charge in [-0.2, -0.15) is 0 Å². The summed E-state index contributed by atoms with van der Waals surface area (Å²) in [5.74, 6) is -0.476. The van der Waals surface area contributed by atoms with E-state index in [9.17, 15) is 9.59 Å². The van der Waals surface area contributed by atoms with Crippen molar-refractivity contribution in [2.45, 2.75) is 44.7 Å². The van der Waals surface area contributed by atoms with Crippen LogP contribution >= 0.6 is 9.24 Å². The number of fused-ring (bicyclic) bond motifs is 3. The smallest absolute Gasteiger partial charge is 0.329 e. The van der Waals surface area contributed by atoms with Crippen LogP contribution in [0, 0.1) is 5.82 Å². The summed E-state index contributed by atoms with van der Waals surface area (Å²) in [4.78, 5) is 30.0. The normalized spacial score (nSPS) is 19.7. The average molecular weight is 463 g/mol. The zero-order chi connectivity index (χ0) is 23.4. The van der Waals surface area contributed by atoms with Crippen LogP contribution in [0.3, 0.4) is 0 Å². The summed E-state index contributed by atoms with van der Waals surface area (Å²) >= 11 is 0. The number of aromatic nitrogens is 2. The van der Waals surface area contributed by atoms with Gasteiger partial charge in [-0.05, 0) is 60.3 Å². The lowest BCUT2D eigenvalue weighted by Crippen LogP contribution is -2.48. The van der Waals surface area contributed by atoms with E-state index < -0.39 is 11.2 Å². The Morgan fingerprint density at radius 3 is 2.48 bits per heavy atom. The van der Waals surface area contributed by atoms with Gasteiger partial charge in [0.25, 0.3) is 5.56 Å². The molecule has 170 valence electrons. The molecule has 5 rings (SSSR count). The maximum absolute atomic E-state index is 15.1. The molecule has 2 heterocycles. The molecule has 3 unspecified atom stereocenters. The van der Waals surface area contributed by atoms with Crippen molar-refractivity contribution < 1.29 is 4.39 Å². The second-order valence-corrected chi connectivity index (χ2v) is 9.78. The Morgan fingerprint density at radius 2 is 1.76 bits per heavy atom. The van der Waals surface area contributed by atoms with Gasteiger partial charge in [0.2, 0.25) is 0 Å². The average Bonchev–Trinajstić information content (AvgIpc) is 2.93. The standard InChI is InChI=1S/C26H27FN3O2P/c1-14(2)29-13-22(30-21(15(29)3)12-24(31)28-26(30)32)25-18-6-4-8-20(27)16(18)10-11-17-19(25)7-5-9-23(17)33/h4-9,12,14,22,25H,3,10-11,13,33H2,1-2H3,(H,28,31,32). The molecule has 1 N–H and O–H groups in total. The maximum atomic E-state index is 15.1. The summed E-state index contributed by atoms with van der Waals surface area (Å²) < 4.78 is 16.7. The van der Waals surface area contributed by atoms with E-state index >= 15 is 4.39 Å². The number of halogens is 1. The molecule has 3 atom stereocenters. The van der Waals surface area contributed by atoms with Crippen molar-refractivity contribution in [3.8, 4) is 0 Å². The van der Waals surface area contributed by atoms with Gasteiger partial charge in [0.05, 0.1) is 17.4 Å². The molecule has 0 amide bonds. The molecule has 5 nitrogen and oxygen atoms in total. The van der Waals surface area contributed by atoms with E-state index in [1.54, 1.807) is 10.6 Å². The highest BCUT2D eigenvalue weighted by Gasteiger charge is 2.39. The van der Waals surface area contributed by atoms with Crippen LogP contribution in [-0.2, 0) is 12.8 Å². The van der Waals surface area contributed by atoms with Crippen LogP contribution in [0.2, 0.25) is 0 Å². The minimum atomic E-state index is -0.460. The lowest BCUT2D eigenvalue weighted by molar-refractivity contribution is 0.233. The molecule has 0 spiro atoms. The Labute approximate surface area is 194 Å². The minimum Gasteiger partial charge on any atom is -0.366 e. The van der Waals surface area contributed by atoms with Gasteiger partial charge in [0.1, 0.15) is 5.82 Å². The Bertz CT molecular complexity index is 1340. The molecule has 0 radical (unpaired) electrons. The number of nitrogens with one attached hydrogen (secondary N) is 1. The molecule has 0 saturated carbocycles. The van der Waals surface area contributed by atoms with E-state index in [1.807, 2.05) is 18.2 Å². The number of hydrogen-bond acceptors (Lipinski definition) is 3. The maximum Gasteiger partial charge on any atom is 0.329 e. The molecule has 0 fully saturated rings. The third kappa shape index (κ3) is 3.48. The first-order valence-electron chi connectivity index (χ1n) is 11.2. The van der Waals surface area contributed by atoms with E-state index in [2.05, 4.69) is 45.6 Å². The molecule has 7 heteroatoms. The Hall–Kier alpha value is -2.98. The second-order valence-electron chi connectivity index (χ2n) is 9.15. The van der Waals surface area contributed by atoms with Crippen molar-refractivity contribution in [1.82, 2.24) is 14.5 Å². The fourth-order valence-electron chi connectivity index (χ4n) is 5.54. The van der Waals surface area contributed by atoms with Gasteiger partial charge >= 0.3 is 5.69 Å². The number of nitrogens with zero attached hydrogens (tertiary/aromatic N) is 2. The summed E-state index contributed by atoms with van der Waals surface area (Å²) in [5.41, 5.74) is 4.11. The summed E-state index contributed by atoms with van der Waals surface area (Å²) in [6.07, 6.45) is 1.32. The molecule has 33 heavy (non-hydrogen) atoms. The molecule has 1 aromatic heterocycles. The van der Waals surface area contributed by atoms with Crippen LogP contribution in [0.5, 0.6) is 0 Å². The van der Waals surface area contributed by atoms with Crippen LogP contribution < -0.4 is 16.6 Å². The van der Waals surface area contributed by atoms with Crippen LogP contribution in [-0.4, -0.2) is 27.0 Å². The highest BCUT2D eigenvalue weighted by molar-refractivity contribution is 7.27. The van der Waals surface area contributed by atoms with Crippen molar-refractivity contribution in [3.05, 3.63) is 104 Å². The molecule has 0 bridgehead atoms. The largest absolute Gasteiger partial charge is 0.366 e. The number of benzene rings is 2. The zero-order valence-electron chi connectivity index (χ0n) is 18.8. The molecule has 0 saturated heterocycles. The fraction of sp³-hybridized carbons (Fsp3) is 0.308. The summed E-state index contributed by atoms with van der Waals surface area (Å²) in [7, 11) is 2.80. The van der Waals surface area contributed by atoms with E-state index in [0.717, 1.165) is 22.9 Å². The lowest BCUT2D eigenvalue weighted by atomic mass is 9.81. The van der Waals surface area contributed by atoms with Gasteiger partial charge in [0.15, 0.2) is 0 Å². The number of rotatable bonds is 2. The molecular weight excluding hydrogens is 436 g/mol. The van der Waals surface area contributed by atoms with Crippen LogP contribution in [0.25, 0.3) is 5.70 Å². The number of hydrogen-bond donors (Lipinski definition) is 1. The van der Waals surface area contributed by atoms with E-state index in [1.165, 1.54) is 17.7 Å². The molecule has 3 aromatic rings. The van der Waals surface area contributed by atoms with E-state index in [-0.39, 0.29) is 23.8 Å². The molecular formula is C26H27FN3O2P. The van der Waals surface area contributed by atoms with Crippen LogP contribution in [0.4, 0.5) is 4.39 Å². The highest BCUT2D eigenvalue weighted by atomic mass is 31.0. The van der Waals surface area contributed by atoms with Crippen molar-refractivity contribution in [2.75, 3.05) is 6.54 Å². The summed E-state index contributed by atoms with van der Waals surface area (Å²) in [5, 5.41) is 1.08. The van der Waals surface area contributed by atoms with Crippen molar-refractivity contribution in [1.29, 1.82) is 0 Å². The molecule has 2 aromatic carbocycles. The Morgan fingerprint density at radius 1 is 1.09 bits per heavy atom. The van der Waals surface area contributed by atoms with Crippen molar-refractivity contribution >= 4 is 20.2 Å². The fourth-order valence-corrected chi connectivity index (χ4v) is 5.96. The first-order valence-corrected chi connectivity index (χ1v) is 11.8. The number of H-pyrrole nitrogens is 1. The van der Waals surface area contributed by atoms with Crippen LogP contribution in [0.1, 0.15) is 53.8 Å². The third-order valence-corrected chi connectivity index (χ3v) is 7.58. The number of aromatic amines is 1. The van der Waals surface area contributed by atoms with Crippen molar-refractivity contribution in [3.63, 3.8) is 0 Å². The van der Waals surface area contributed by atoms with Gasteiger partial charge in [-0.3, -0.25) is 14.3 Å². The lowest BCUT2D eigenvalue weighted by Gasteiger charge is -2.44. The van der Waals surface area contributed by atoms with Gasteiger partial charge in [-0.15, -0.1) is 9.24 Å².